The largest absolute Gasteiger partial charge is 0.384 e. The molecule has 16 heavy (non-hydrogen) atoms. The molecular formula is C11H13N5. The molecule has 0 unspecified atom stereocenters. The molecule has 82 valence electrons. The summed E-state index contributed by atoms with van der Waals surface area (Å²) in [6.07, 6.45) is 3.47. The lowest BCUT2D eigenvalue weighted by Crippen LogP contribution is -2.11. The Kier molecular flexibility index (Phi) is 2.68. The fraction of sp³-hybridized carbons (Fsp3) is 0.182. The fourth-order valence-corrected chi connectivity index (χ4v) is 1.47. The third kappa shape index (κ3) is 1.79. The summed E-state index contributed by atoms with van der Waals surface area (Å²) in [4.78, 5) is 4.21. The molecule has 5 heteroatoms. The maximum Gasteiger partial charge on any atom is 0.126 e. The standard InChI is InChI=1S/C11H13N5/c1-2-16-7-8(11(12)13)10(15-16)9-5-3-4-6-14-9/h3-7H,2H2,1H3,(H3,12,13). The first kappa shape index (κ1) is 10.4. The molecule has 0 aliphatic heterocycles. The van der Waals surface area contributed by atoms with Crippen LogP contribution in [0.3, 0.4) is 0 Å². The average molecular weight is 215 g/mol. The van der Waals surface area contributed by atoms with E-state index in [1.165, 1.54) is 0 Å². The highest BCUT2D eigenvalue weighted by molar-refractivity contribution is 6.00. The van der Waals surface area contributed by atoms with Gasteiger partial charge in [-0.05, 0) is 19.1 Å². The lowest BCUT2D eigenvalue weighted by Gasteiger charge is -1.98. The first-order valence-corrected chi connectivity index (χ1v) is 5.05. The molecule has 0 bridgehead atoms. The monoisotopic (exact) mass is 215 g/mol. The number of hydrogen-bond donors (Lipinski definition) is 2. The van der Waals surface area contributed by atoms with Crippen LogP contribution in [-0.2, 0) is 6.54 Å². The molecule has 0 atom stereocenters. The third-order valence-electron chi connectivity index (χ3n) is 2.28. The van der Waals surface area contributed by atoms with E-state index in [-0.39, 0.29) is 5.84 Å². The molecule has 0 saturated carbocycles. The lowest BCUT2D eigenvalue weighted by molar-refractivity contribution is 0.661. The van der Waals surface area contributed by atoms with Crippen molar-refractivity contribution in [3.05, 3.63) is 36.2 Å². The van der Waals surface area contributed by atoms with Crippen molar-refractivity contribution in [2.24, 2.45) is 5.73 Å². The number of amidine groups is 1. The second-order valence-corrected chi connectivity index (χ2v) is 3.38. The van der Waals surface area contributed by atoms with Gasteiger partial charge in [-0.25, -0.2) is 0 Å². The highest BCUT2D eigenvalue weighted by Gasteiger charge is 2.13. The van der Waals surface area contributed by atoms with Crippen LogP contribution in [0, 0.1) is 5.41 Å². The van der Waals surface area contributed by atoms with Gasteiger partial charge >= 0.3 is 0 Å². The van der Waals surface area contributed by atoms with Crippen molar-refractivity contribution in [3.63, 3.8) is 0 Å². The van der Waals surface area contributed by atoms with Gasteiger partial charge in [-0.3, -0.25) is 15.1 Å². The Morgan fingerprint density at radius 3 is 2.88 bits per heavy atom. The van der Waals surface area contributed by atoms with Gasteiger partial charge in [0.1, 0.15) is 11.5 Å². The van der Waals surface area contributed by atoms with Crippen molar-refractivity contribution >= 4 is 5.84 Å². The van der Waals surface area contributed by atoms with E-state index < -0.39 is 0 Å². The predicted molar refractivity (Wildman–Crippen MR) is 62.1 cm³/mol. The van der Waals surface area contributed by atoms with Gasteiger partial charge in [0.15, 0.2) is 0 Å². The number of nitrogens with two attached hydrogens (primary N) is 1. The molecule has 3 N–H and O–H groups in total. The zero-order chi connectivity index (χ0) is 11.5. The minimum absolute atomic E-state index is 0.0142. The van der Waals surface area contributed by atoms with Crippen LogP contribution < -0.4 is 5.73 Å². The van der Waals surface area contributed by atoms with Crippen LogP contribution in [0.15, 0.2) is 30.6 Å². The SMILES string of the molecule is CCn1cc(C(=N)N)c(-c2ccccn2)n1. The van der Waals surface area contributed by atoms with Gasteiger partial charge in [-0.1, -0.05) is 6.07 Å². The summed E-state index contributed by atoms with van der Waals surface area (Å²) < 4.78 is 1.75. The highest BCUT2D eigenvalue weighted by atomic mass is 15.3. The van der Waals surface area contributed by atoms with Crippen molar-refractivity contribution in [1.82, 2.24) is 14.8 Å². The van der Waals surface area contributed by atoms with Crippen LogP contribution in [-0.4, -0.2) is 20.6 Å². The van der Waals surface area contributed by atoms with Crippen molar-refractivity contribution in [2.45, 2.75) is 13.5 Å². The van der Waals surface area contributed by atoms with E-state index in [1.54, 1.807) is 17.1 Å². The first-order chi connectivity index (χ1) is 7.72. The molecule has 0 spiro atoms. The Bertz CT molecular complexity index is 500. The zero-order valence-corrected chi connectivity index (χ0v) is 9.01. The Balaban J connectivity index is 2.55. The normalized spacial score (nSPS) is 10.3. The molecule has 0 fully saturated rings. The minimum Gasteiger partial charge on any atom is -0.384 e. The summed E-state index contributed by atoms with van der Waals surface area (Å²) in [6.45, 7) is 2.73. The average Bonchev–Trinajstić information content (AvgIpc) is 2.74. The summed E-state index contributed by atoms with van der Waals surface area (Å²) in [5.74, 6) is 0.0142. The first-order valence-electron chi connectivity index (χ1n) is 5.05. The van der Waals surface area contributed by atoms with Crippen molar-refractivity contribution in [3.8, 4) is 11.4 Å². The molecule has 0 amide bonds. The van der Waals surface area contributed by atoms with Crippen LogP contribution in [0.25, 0.3) is 11.4 Å². The number of rotatable bonds is 3. The Labute approximate surface area is 93.4 Å². The Morgan fingerprint density at radius 1 is 1.50 bits per heavy atom. The van der Waals surface area contributed by atoms with E-state index in [0.717, 1.165) is 12.2 Å². The number of aromatic nitrogens is 3. The maximum atomic E-state index is 7.51. The molecule has 2 heterocycles. The summed E-state index contributed by atoms with van der Waals surface area (Å²) in [5.41, 5.74) is 7.55. The van der Waals surface area contributed by atoms with E-state index in [0.29, 0.717) is 11.3 Å². The van der Waals surface area contributed by atoms with Gasteiger partial charge < -0.3 is 5.73 Å². The molecule has 2 rings (SSSR count). The molecular weight excluding hydrogens is 202 g/mol. The number of aryl methyl sites for hydroxylation is 1. The smallest absolute Gasteiger partial charge is 0.126 e. The molecule has 2 aromatic rings. The second kappa shape index (κ2) is 4.14. The summed E-state index contributed by atoms with van der Waals surface area (Å²) in [5, 5.41) is 11.9. The molecule has 0 radical (unpaired) electrons. The number of nitrogens with one attached hydrogen (secondary N) is 1. The van der Waals surface area contributed by atoms with Gasteiger partial charge in [0.25, 0.3) is 0 Å². The highest BCUT2D eigenvalue weighted by Crippen LogP contribution is 2.18. The van der Waals surface area contributed by atoms with Crippen molar-refractivity contribution in [1.29, 1.82) is 5.41 Å². The number of pyridine rings is 1. The van der Waals surface area contributed by atoms with Gasteiger partial charge in [-0.2, -0.15) is 5.10 Å². The number of nitrogens with zero attached hydrogens (tertiary/aromatic N) is 3. The molecule has 0 aliphatic carbocycles. The van der Waals surface area contributed by atoms with Gasteiger partial charge in [0, 0.05) is 18.9 Å². The Morgan fingerprint density at radius 2 is 2.31 bits per heavy atom. The van der Waals surface area contributed by atoms with Crippen molar-refractivity contribution in [2.75, 3.05) is 0 Å². The van der Waals surface area contributed by atoms with E-state index in [2.05, 4.69) is 10.1 Å². The maximum absolute atomic E-state index is 7.51. The summed E-state index contributed by atoms with van der Waals surface area (Å²) in [6, 6.07) is 5.58. The summed E-state index contributed by atoms with van der Waals surface area (Å²) >= 11 is 0. The van der Waals surface area contributed by atoms with Crippen LogP contribution in [0.2, 0.25) is 0 Å². The van der Waals surface area contributed by atoms with E-state index >= 15 is 0 Å². The fourth-order valence-electron chi connectivity index (χ4n) is 1.47. The molecule has 0 aromatic carbocycles. The van der Waals surface area contributed by atoms with Gasteiger partial charge in [-0.15, -0.1) is 0 Å². The predicted octanol–water partition coefficient (Wildman–Crippen LogP) is 1.25. The molecule has 2 aromatic heterocycles. The molecule has 0 saturated heterocycles. The minimum atomic E-state index is 0.0142. The van der Waals surface area contributed by atoms with Crippen LogP contribution in [0.1, 0.15) is 12.5 Å². The van der Waals surface area contributed by atoms with E-state index in [4.69, 9.17) is 11.1 Å². The number of hydrogen-bond acceptors (Lipinski definition) is 3. The topological polar surface area (TPSA) is 80.6 Å². The quantitative estimate of drug-likeness (QED) is 0.597. The lowest BCUT2D eigenvalue weighted by atomic mass is 10.2. The van der Waals surface area contributed by atoms with Crippen LogP contribution >= 0.6 is 0 Å². The van der Waals surface area contributed by atoms with Gasteiger partial charge in [0.05, 0.1) is 11.3 Å². The summed E-state index contributed by atoms with van der Waals surface area (Å²) in [7, 11) is 0. The zero-order valence-electron chi connectivity index (χ0n) is 9.01. The second-order valence-electron chi connectivity index (χ2n) is 3.38. The van der Waals surface area contributed by atoms with Crippen LogP contribution in [0.5, 0.6) is 0 Å². The number of nitrogen functional groups attached to an aromatic ring is 1. The third-order valence-corrected chi connectivity index (χ3v) is 2.28. The van der Waals surface area contributed by atoms with Gasteiger partial charge in [0.2, 0.25) is 0 Å². The van der Waals surface area contributed by atoms with Crippen molar-refractivity contribution < 1.29 is 0 Å². The van der Waals surface area contributed by atoms with Crippen LogP contribution in [0.4, 0.5) is 0 Å². The van der Waals surface area contributed by atoms with E-state index in [1.807, 2.05) is 25.1 Å². The molecule has 0 aliphatic rings. The Hall–Kier alpha value is -2.17. The van der Waals surface area contributed by atoms with E-state index in [9.17, 15) is 0 Å². The molecule has 5 nitrogen and oxygen atoms in total.